The van der Waals surface area contributed by atoms with Crippen LogP contribution < -0.4 is 15.5 Å². The zero-order chi connectivity index (χ0) is 26.3. The first-order valence-electron chi connectivity index (χ1n) is 12.6. The summed E-state index contributed by atoms with van der Waals surface area (Å²) in [5, 5.41) is 6.99. The monoisotopic (exact) mass is 509 g/mol. The quantitative estimate of drug-likeness (QED) is 0.322. The van der Waals surface area contributed by atoms with Crippen molar-refractivity contribution in [2.24, 2.45) is 0 Å². The number of fused-ring (bicyclic) bond motifs is 1. The number of carbonyl (C=O) groups is 1. The van der Waals surface area contributed by atoms with Gasteiger partial charge in [0, 0.05) is 80.2 Å². The highest BCUT2D eigenvalue weighted by Gasteiger charge is 2.17. The lowest BCUT2D eigenvalue weighted by atomic mass is 10.1. The van der Waals surface area contributed by atoms with Gasteiger partial charge in [-0.05, 0) is 48.5 Å². The Morgan fingerprint density at radius 1 is 1.05 bits per heavy atom. The van der Waals surface area contributed by atoms with E-state index in [2.05, 4.69) is 61.2 Å². The SMILES string of the molecule is C=CC(=O)Nc1cccc(-c2nccc3cnc(Nc4ccc(N5CCN(CCOC)CC5)cc4)nc23)c1. The van der Waals surface area contributed by atoms with Gasteiger partial charge in [0.1, 0.15) is 5.52 Å². The number of carbonyl (C=O) groups excluding carboxylic acids is 1. The normalized spacial score (nSPS) is 13.9. The number of pyridine rings is 1. The van der Waals surface area contributed by atoms with Crippen molar-refractivity contribution in [1.82, 2.24) is 19.9 Å². The maximum atomic E-state index is 11.7. The largest absolute Gasteiger partial charge is 0.383 e. The van der Waals surface area contributed by atoms with Gasteiger partial charge in [-0.25, -0.2) is 9.97 Å². The Labute approximate surface area is 222 Å². The van der Waals surface area contributed by atoms with Crippen molar-refractivity contribution in [1.29, 1.82) is 0 Å². The maximum Gasteiger partial charge on any atom is 0.247 e. The van der Waals surface area contributed by atoms with Crippen LogP contribution in [0.15, 0.2) is 79.6 Å². The second kappa shape index (κ2) is 11.8. The Hall–Kier alpha value is -4.34. The molecule has 0 aliphatic carbocycles. The van der Waals surface area contributed by atoms with Crippen molar-refractivity contribution in [2.75, 3.05) is 62.0 Å². The van der Waals surface area contributed by atoms with Crippen LogP contribution in [0.25, 0.3) is 22.2 Å². The van der Waals surface area contributed by atoms with Crippen LogP contribution in [0.2, 0.25) is 0 Å². The van der Waals surface area contributed by atoms with E-state index in [1.807, 2.05) is 30.3 Å². The summed E-state index contributed by atoms with van der Waals surface area (Å²) in [4.78, 5) is 30.4. The molecule has 194 valence electrons. The predicted octanol–water partition coefficient (Wildman–Crippen LogP) is 4.33. The molecule has 9 nitrogen and oxygen atoms in total. The Morgan fingerprint density at radius 3 is 2.63 bits per heavy atom. The predicted molar refractivity (Wildman–Crippen MR) is 152 cm³/mol. The van der Waals surface area contributed by atoms with Crippen LogP contribution in [0.5, 0.6) is 0 Å². The molecule has 1 aliphatic rings. The number of amides is 1. The average molecular weight is 510 g/mol. The van der Waals surface area contributed by atoms with Crippen molar-refractivity contribution in [3.63, 3.8) is 0 Å². The molecular weight excluding hydrogens is 478 g/mol. The molecule has 4 aromatic rings. The van der Waals surface area contributed by atoms with Crippen LogP contribution in [0, 0.1) is 0 Å². The fraction of sp³-hybridized carbons (Fsp3) is 0.241. The minimum atomic E-state index is -0.266. The molecule has 2 N–H and O–H groups in total. The van der Waals surface area contributed by atoms with Crippen LogP contribution in [-0.2, 0) is 9.53 Å². The van der Waals surface area contributed by atoms with Crippen LogP contribution in [0.3, 0.4) is 0 Å². The Morgan fingerprint density at radius 2 is 1.87 bits per heavy atom. The van der Waals surface area contributed by atoms with E-state index >= 15 is 0 Å². The van der Waals surface area contributed by atoms with Crippen molar-refractivity contribution >= 4 is 39.8 Å². The van der Waals surface area contributed by atoms with Crippen molar-refractivity contribution < 1.29 is 9.53 Å². The highest BCUT2D eigenvalue weighted by molar-refractivity contribution is 5.99. The number of anilines is 4. The highest BCUT2D eigenvalue weighted by Crippen LogP contribution is 2.28. The molecule has 0 saturated carbocycles. The van der Waals surface area contributed by atoms with Crippen LogP contribution >= 0.6 is 0 Å². The molecule has 5 rings (SSSR count). The Kier molecular flexibility index (Phi) is 7.86. The third-order valence-electron chi connectivity index (χ3n) is 6.56. The molecule has 9 heteroatoms. The van der Waals surface area contributed by atoms with Gasteiger partial charge in [0.15, 0.2) is 0 Å². The van der Waals surface area contributed by atoms with Crippen molar-refractivity contribution in [3.05, 3.63) is 79.6 Å². The minimum Gasteiger partial charge on any atom is -0.383 e. The first-order valence-corrected chi connectivity index (χ1v) is 12.6. The molecule has 0 radical (unpaired) electrons. The van der Waals surface area contributed by atoms with Gasteiger partial charge in [0.2, 0.25) is 11.9 Å². The number of benzene rings is 2. The number of methoxy groups -OCH3 is 1. The topological polar surface area (TPSA) is 95.5 Å². The molecule has 0 spiro atoms. The number of hydrogen-bond donors (Lipinski definition) is 2. The van der Waals surface area contributed by atoms with Gasteiger partial charge in [0.05, 0.1) is 12.3 Å². The summed E-state index contributed by atoms with van der Waals surface area (Å²) < 4.78 is 5.20. The third-order valence-corrected chi connectivity index (χ3v) is 6.56. The van der Waals surface area contributed by atoms with Crippen LogP contribution in [-0.4, -0.2) is 72.2 Å². The highest BCUT2D eigenvalue weighted by atomic mass is 16.5. The fourth-order valence-corrected chi connectivity index (χ4v) is 4.50. The molecule has 2 aromatic carbocycles. The van der Waals surface area contributed by atoms with Gasteiger partial charge < -0.3 is 20.3 Å². The van der Waals surface area contributed by atoms with Gasteiger partial charge in [0.25, 0.3) is 0 Å². The second-order valence-corrected chi connectivity index (χ2v) is 9.06. The number of nitrogens with one attached hydrogen (secondary N) is 2. The average Bonchev–Trinajstić information content (AvgIpc) is 2.96. The summed E-state index contributed by atoms with van der Waals surface area (Å²) in [5.41, 5.74) is 5.05. The van der Waals surface area contributed by atoms with E-state index in [-0.39, 0.29) is 5.91 Å². The van der Waals surface area contributed by atoms with E-state index in [4.69, 9.17) is 9.72 Å². The van der Waals surface area contributed by atoms with E-state index < -0.39 is 0 Å². The number of ether oxygens (including phenoxy) is 1. The van der Waals surface area contributed by atoms with Gasteiger partial charge >= 0.3 is 0 Å². The summed E-state index contributed by atoms with van der Waals surface area (Å²) in [6.45, 7) is 9.33. The summed E-state index contributed by atoms with van der Waals surface area (Å²) in [6, 6.07) is 17.8. The Bertz CT molecular complexity index is 1420. The van der Waals surface area contributed by atoms with Gasteiger partial charge in [-0.2, -0.15) is 0 Å². The lowest BCUT2D eigenvalue weighted by Crippen LogP contribution is -2.47. The number of aromatic nitrogens is 3. The molecule has 0 unspecified atom stereocenters. The van der Waals surface area contributed by atoms with E-state index in [1.54, 1.807) is 19.5 Å². The van der Waals surface area contributed by atoms with Gasteiger partial charge in [-0.3, -0.25) is 14.7 Å². The number of rotatable bonds is 9. The second-order valence-electron chi connectivity index (χ2n) is 9.06. The molecule has 1 saturated heterocycles. The van der Waals surface area contributed by atoms with E-state index in [9.17, 15) is 4.79 Å². The van der Waals surface area contributed by atoms with Crippen LogP contribution in [0.4, 0.5) is 23.0 Å². The molecule has 1 aliphatic heterocycles. The first kappa shape index (κ1) is 25.3. The number of nitrogens with zero attached hydrogens (tertiary/aromatic N) is 5. The summed E-state index contributed by atoms with van der Waals surface area (Å²) in [6.07, 6.45) is 4.76. The fourth-order valence-electron chi connectivity index (χ4n) is 4.50. The molecular formula is C29H31N7O2. The lowest BCUT2D eigenvalue weighted by Gasteiger charge is -2.36. The minimum absolute atomic E-state index is 0.266. The first-order chi connectivity index (χ1) is 18.6. The molecule has 3 heterocycles. The van der Waals surface area contributed by atoms with Gasteiger partial charge in [-0.15, -0.1) is 0 Å². The molecule has 1 amide bonds. The van der Waals surface area contributed by atoms with E-state index in [0.717, 1.165) is 61.5 Å². The summed E-state index contributed by atoms with van der Waals surface area (Å²) in [7, 11) is 1.75. The zero-order valence-electron chi connectivity index (χ0n) is 21.4. The van der Waals surface area contributed by atoms with E-state index in [0.29, 0.717) is 17.3 Å². The molecule has 0 bridgehead atoms. The Balaban J connectivity index is 1.31. The molecule has 2 aromatic heterocycles. The summed E-state index contributed by atoms with van der Waals surface area (Å²) >= 11 is 0. The number of piperazine rings is 1. The standard InChI is InChI=1S/C29H31N7O2/c1-3-26(37)32-24-6-4-5-21(19-24)27-28-22(11-12-30-27)20-31-29(34-28)33-23-7-9-25(10-8-23)36-15-13-35(14-16-36)17-18-38-2/h3-12,19-20H,1,13-18H2,2H3,(H,32,37)(H,31,33,34). The van der Waals surface area contributed by atoms with Crippen molar-refractivity contribution in [3.8, 4) is 11.3 Å². The molecule has 1 fully saturated rings. The molecule has 0 atom stereocenters. The lowest BCUT2D eigenvalue weighted by molar-refractivity contribution is -0.111. The zero-order valence-corrected chi connectivity index (χ0v) is 21.4. The summed E-state index contributed by atoms with van der Waals surface area (Å²) in [5.74, 6) is 0.222. The smallest absolute Gasteiger partial charge is 0.247 e. The third kappa shape index (κ3) is 5.96. The van der Waals surface area contributed by atoms with Crippen molar-refractivity contribution in [2.45, 2.75) is 0 Å². The van der Waals surface area contributed by atoms with Crippen LogP contribution in [0.1, 0.15) is 0 Å². The molecule has 38 heavy (non-hydrogen) atoms. The maximum absolute atomic E-state index is 11.7. The van der Waals surface area contributed by atoms with Gasteiger partial charge in [-0.1, -0.05) is 18.7 Å². The number of hydrogen-bond acceptors (Lipinski definition) is 8. The van der Waals surface area contributed by atoms with E-state index in [1.165, 1.54) is 11.8 Å².